The summed E-state index contributed by atoms with van der Waals surface area (Å²) in [4.78, 5) is 44.9. The van der Waals surface area contributed by atoms with Gasteiger partial charge in [-0.3, -0.25) is 19.3 Å². The minimum Gasteiger partial charge on any atom is -0.325 e. The number of anilines is 1. The summed E-state index contributed by atoms with van der Waals surface area (Å²) in [5.41, 5.74) is 3.52. The second-order valence-corrected chi connectivity index (χ2v) is 9.69. The minimum atomic E-state index is -0.314. The largest absolute Gasteiger partial charge is 0.325 e. The van der Waals surface area contributed by atoms with Crippen LogP contribution in [0.3, 0.4) is 0 Å². The molecule has 0 fully saturated rings. The Bertz CT molecular complexity index is 1590. The second-order valence-electron chi connectivity index (χ2n) is 8.66. The van der Waals surface area contributed by atoms with E-state index in [1.807, 2.05) is 72.8 Å². The van der Waals surface area contributed by atoms with Gasteiger partial charge in [-0.05, 0) is 48.2 Å². The molecule has 4 aromatic carbocycles. The van der Waals surface area contributed by atoms with E-state index in [1.54, 1.807) is 23.5 Å². The molecule has 0 aliphatic carbocycles. The lowest BCUT2D eigenvalue weighted by Gasteiger charge is -2.27. The molecule has 0 spiro atoms. The Morgan fingerprint density at radius 2 is 1.47 bits per heavy atom. The fraction of sp³-hybridized carbons (Fsp3) is 0.103. The summed E-state index contributed by atoms with van der Waals surface area (Å²) >= 11 is 1.58. The molecule has 5 aromatic rings. The molecule has 1 aromatic heterocycles. The highest BCUT2D eigenvalue weighted by Crippen LogP contribution is 2.34. The van der Waals surface area contributed by atoms with E-state index >= 15 is 0 Å². The van der Waals surface area contributed by atoms with Gasteiger partial charge < -0.3 is 5.32 Å². The number of aromatic nitrogens is 1. The molecule has 1 N–H and O–H groups in total. The van der Waals surface area contributed by atoms with Gasteiger partial charge in [-0.2, -0.15) is 0 Å². The van der Waals surface area contributed by atoms with Gasteiger partial charge in [-0.25, -0.2) is 4.98 Å². The number of hydrogen-bond acceptors (Lipinski definition) is 5. The zero-order valence-electron chi connectivity index (χ0n) is 19.2. The number of para-hydroxylation sites is 2. The molecule has 2 heterocycles. The molecule has 7 heteroatoms. The van der Waals surface area contributed by atoms with Gasteiger partial charge in [0.05, 0.1) is 15.9 Å². The zero-order valence-corrected chi connectivity index (χ0v) is 20.0. The van der Waals surface area contributed by atoms with E-state index in [9.17, 15) is 14.4 Å². The highest BCUT2D eigenvalue weighted by Gasteiger charge is 2.32. The van der Waals surface area contributed by atoms with Crippen LogP contribution in [0.1, 0.15) is 33.6 Å². The quantitative estimate of drug-likeness (QED) is 0.290. The molecule has 0 saturated carbocycles. The Morgan fingerprint density at radius 3 is 2.22 bits per heavy atom. The van der Waals surface area contributed by atoms with Crippen molar-refractivity contribution in [2.45, 2.75) is 12.8 Å². The van der Waals surface area contributed by atoms with Crippen LogP contribution >= 0.6 is 11.3 Å². The number of carbonyl (C=O) groups is 3. The lowest BCUT2D eigenvalue weighted by Crippen LogP contribution is -2.41. The van der Waals surface area contributed by atoms with Gasteiger partial charge in [0.25, 0.3) is 11.8 Å². The third kappa shape index (κ3) is 3.83. The summed E-state index contributed by atoms with van der Waals surface area (Å²) in [6.45, 7) is 0.176. The number of fused-ring (bicyclic) bond motifs is 1. The van der Waals surface area contributed by atoms with Crippen molar-refractivity contribution in [3.63, 3.8) is 0 Å². The molecule has 176 valence electrons. The Balaban J connectivity index is 1.15. The monoisotopic (exact) mass is 491 g/mol. The first kappa shape index (κ1) is 22.1. The van der Waals surface area contributed by atoms with Crippen LogP contribution in [0.4, 0.5) is 5.69 Å². The van der Waals surface area contributed by atoms with Gasteiger partial charge in [0, 0.05) is 35.0 Å². The summed E-state index contributed by atoms with van der Waals surface area (Å²) in [6.07, 6.45) is 0.543. The average molecular weight is 492 g/mol. The van der Waals surface area contributed by atoms with Gasteiger partial charge in [-0.1, -0.05) is 48.5 Å². The highest BCUT2D eigenvalue weighted by atomic mass is 32.1. The van der Waals surface area contributed by atoms with Crippen LogP contribution in [0.5, 0.6) is 0 Å². The number of imide groups is 1. The van der Waals surface area contributed by atoms with Crippen molar-refractivity contribution in [2.75, 3.05) is 11.9 Å². The lowest BCUT2D eigenvalue weighted by molar-refractivity contribution is -0.116. The lowest BCUT2D eigenvalue weighted by atomic mass is 9.94. The number of benzene rings is 4. The molecule has 6 rings (SSSR count). The van der Waals surface area contributed by atoms with Crippen molar-refractivity contribution in [3.05, 3.63) is 96.1 Å². The molecule has 1 aliphatic rings. The van der Waals surface area contributed by atoms with Crippen LogP contribution in [0.25, 0.3) is 31.6 Å². The van der Waals surface area contributed by atoms with Crippen molar-refractivity contribution in [1.29, 1.82) is 0 Å². The van der Waals surface area contributed by atoms with Crippen molar-refractivity contribution in [1.82, 2.24) is 9.88 Å². The molecule has 0 saturated heterocycles. The molecule has 3 amide bonds. The fourth-order valence-electron chi connectivity index (χ4n) is 4.66. The number of thiazole rings is 1. The number of rotatable bonds is 6. The summed E-state index contributed by atoms with van der Waals surface area (Å²) < 4.78 is 1.08. The Labute approximate surface area is 211 Å². The first-order chi connectivity index (χ1) is 17.6. The first-order valence-corrected chi connectivity index (χ1v) is 12.5. The van der Waals surface area contributed by atoms with Gasteiger partial charge in [0.1, 0.15) is 5.01 Å². The number of nitrogens with zero attached hydrogens (tertiary/aromatic N) is 2. The van der Waals surface area contributed by atoms with E-state index in [4.69, 9.17) is 4.98 Å². The van der Waals surface area contributed by atoms with Crippen LogP contribution in [-0.4, -0.2) is 34.2 Å². The number of hydrogen-bond donors (Lipinski definition) is 1. The molecule has 1 aliphatic heterocycles. The highest BCUT2D eigenvalue weighted by molar-refractivity contribution is 7.21. The summed E-state index contributed by atoms with van der Waals surface area (Å²) in [7, 11) is 0. The maximum Gasteiger partial charge on any atom is 0.261 e. The average Bonchev–Trinajstić information content (AvgIpc) is 3.33. The summed E-state index contributed by atoms with van der Waals surface area (Å²) in [5.74, 6) is -0.806. The predicted molar refractivity (Wildman–Crippen MR) is 142 cm³/mol. The van der Waals surface area contributed by atoms with Crippen molar-refractivity contribution < 1.29 is 14.4 Å². The Kier molecular flexibility index (Phi) is 5.54. The van der Waals surface area contributed by atoms with Crippen molar-refractivity contribution >= 4 is 55.7 Å². The molecule has 6 nitrogen and oxygen atoms in total. The van der Waals surface area contributed by atoms with E-state index in [2.05, 4.69) is 5.32 Å². The summed E-state index contributed by atoms with van der Waals surface area (Å²) in [6, 6.07) is 26.5. The van der Waals surface area contributed by atoms with Gasteiger partial charge in [-0.15, -0.1) is 11.3 Å². The van der Waals surface area contributed by atoms with E-state index in [0.717, 1.165) is 26.2 Å². The zero-order chi connectivity index (χ0) is 24.6. The molecule has 0 unspecified atom stereocenters. The Morgan fingerprint density at radius 1 is 0.806 bits per heavy atom. The van der Waals surface area contributed by atoms with Crippen LogP contribution < -0.4 is 5.32 Å². The third-order valence-corrected chi connectivity index (χ3v) is 7.44. The van der Waals surface area contributed by atoms with E-state index < -0.39 is 0 Å². The van der Waals surface area contributed by atoms with Crippen LogP contribution in [0.15, 0.2) is 84.9 Å². The smallest absolute Gasteiger partial charge is 0.261 e. The van der Waals surface area contributed by atoms with Gasteiger partial charge >= 0.3 is 0 Å². The SMILES string of the molecule is O=C(CCCN1C(=O)c2cccc3cccc(c23)C1=O)Nc1ccccc1-c1nc2ccccc2s1. The standard InChI is InChI=1S/C29H21N3O3S/c33-25(30-22-13-2-1-10-19(22)27-31-23-14-3-4-15-24(23)36-27)16-7-17-32-28(34)20-11-5-8-18-9-6-12-21(26(18)20)29(32)35/h1-6,8-15H,7,16-17H2,(H,30,33). The molecule has 0 atom stereocenters. The topological polar surface area (TPSA) is 79.4 Å². The number of carbonyl (C=O) groups excluding carboxylic acids is 3. The number of amides is 3. The van der Waals surface area contributed by atoms with Crippen molar-refractivity contribution in [2.24, 2.45) is 0 Å². The normalized spacial score (nSPS) is 12.9. The molecule has 36 heavy (non-hydrogen) atoms. The first-order valence-electron chi connectivity index (χ1n) is 11.7. The predicted octanol–water partition coefficient (Wildman–Crippen LogP) is 6.13. The van der Waals surface area contributed by atoms with Gasteiger partial charge in [0.2, 0.25) is 5.91 Å². The molecule has 0 bridgehead atoms. The third-order valence-electron chi connectivity index (χ3n) is 6.37. The van der Waals surface area contributed by atoms with E-state index in [0.29, 0.717) is 28.6 Å². The van der Waals surface area contributed by atoms with E-state index in [-0.39, 0.29) is 30.7 Å². The maximum absolute atomic E-state index is 13.1. The maximum atomic E-state index is 13.1. The van der Waals surface area contributed by atoms with E-state index in [1.165, 1.54) is 4.90 Å². The second kappa shape index (κ2) is 9.02. The van der Waals surface area contributed by atoms with Crippen LogP contribution in [-0.2, 0) is 4.79 Å². The molecular formula is C29H21N3O3S. The van der Waals surface area contributed by atoms with Crippen LogP contribution in [0.2, 0.25) is 0 Å². The molecule has 0 radical (unpaired) electrons. The summed E-state index contributed by atoms with van der Waals surface area (Å²) in [5, 5.41) is 5.40. The van der Waals surface area contributed by atoms with Crippen LogP contribution in [0, 0.1) is 0 Å². The molecular weight excluding hydrogens is 470 g/mol. The fourth-order valence-corrected chi connectivity index (χ4v) is 5.67. The van der Waals surface area contributed by atoms with Crippen molar-refractivity contribution in [3.8, 4) is 10.6 Å². The number of nitrogens with one attached hydrogen (secondary N) is 1. The Hall–Kier alpha value is -4.36. The minimum absolute atomic E-state index is 0.176. The van der Waals surface area contributed by atoms with Gasteiger partial charge in [0.15, 0.2) is 0 Å².